The van der Waals surface area contributed by atoms with E-state index in [4.69, 9.17) is 4.74 Å². The molecule has 0 saturated carbocycles. The van der Waals surface area contributed by atoms with Crippen LogP contribution in [0.15, 0.2) is 12.1 Å². The largest absolute Gasteiger partial charge is 0.416 e. The van der Waals surface area contributed by atoms with Crippen molar-refractivity contribution < 1.29 is 17.9 Å². The first-order chi connectivity index (χ1) is 9.47. The van der Waals surface area contributed by atoms with Crippen LogP contribution in [0.1, 0.15) is 25.3 Å². The second-order valence-corrected chi connectivity index (χ2v) is 4.27. The maximum atomic E-state index is 12.7. The zero-order valence-corrected chi connectivity index (χ0v) is 11.7. The Hall–Kier alpha value is -1.50. The van der Waals surface area contributed by atoms with Gasteiger partial charge < -0.3 is 15.4 Å². The minimum atomic E-state index is -4.39. The number of nitrogens with zero attached hydrogens (tertiary/aromatic N) is 1. The molecule has 0 aromatic carbocycles. The van der Waals surface area contributed by atoms with Crippen molar-refractivity contribution in [2.45, 2.75) is 25.9 Å². The Morgan fingerprint density at radius 1 is 1.20 bits per heavy atom. The van der Waals surface area contributed by atoms with Crippen molar-refractivity contribution >= 4 is 11.6 Å². The van der Waals surface area contributed by atoms with E-state index in [0.29, 0.717) is 19.8 Å². The molecule has 1 rings (SSSR count). The molecule has 0 spiro atoms. The molecule has 1 aromatic rings. The molecule has 0 saturated heterocycles. The average Bonchev–Trinajstić information content (AvgIpc) is 2.41. The number of anilines is 2. The lowest BCUT2D eigenvalue weighted by Gasteiger charge is -2.12. The number of hydrogen-bond donors (Lipinski definition) is 2. The first-order valence-electron chi connectivity index (χ1n) is 6.56. The van der Waals surface area contributed by atoms with Crippen LogP contribution < -0.4 is 10.6 Å². The highest BCUT2D eigenvalue weighted by atomic mass is 19.4. The molecule has 0 atom stereocenters. The van der Waals surface area contributed by atoms with Gasteiger partial charge in [-0.05, 0) is 18.6 Å². The second kappa shape index (κ2) is 7.94. The summed E-state index contributed by atoms with van der Waals surface area (Å²) in [5.74, 6) is 0.359. The van der Waals surface area contributed by atoms with E-state index in [2.05, 4.69) is 22.5 Å². The Morgan fingerprint density at radius 2 is 1.90 bits per heavy atom. The quantitative estimate of drug-likeness (QED) is 0.721. The normalized spacial score (nSPS) is 11.4. The van der Waals surface area contributed by atoms with Crippen molar-refractivity contribution in [3.8, 4) is 0 Å². The third-order valence-electron chi connectivity index (χ3n) is 2.60. The van der Waals surface area contributed by atoms with Gasteiger partial charge in [-0.25, -0.2) is 4.98 Å². The van der Waals surface area contributed by atoms with Crippen molar-refractivity contribution in [2.75, 3.05) is 37.4 Å². The Bertz CT molecular complexity index is 410. The molecule has 4 nitrogen and oxygen atoms in total. The van der Waals surface area contributed by atoms with E-state index in [1.54, 1.807) is 0 Å². The summed E-state index contributed by atoms with van der Waals surface area (Å²) >= 11 is 0. The zero-order valence-electron chi connectivity index (χ0n) is 11.7. The Kier molecular flexibility index (Phi) is 6.57. The molecular weight excluding hydrogens is 271 g/mol. The van der Waals surface area contributed by atoms with Crippen LogP contribution in [-0.2, 0) is 10.9 Å². The van der Waals surface area contributed by atoms with Gasteiger partial charge in [0.25, 0.3) is 0 Å². The lowest BCUT2D eigenvalue weighted by molar-refractivity contribution is -0.137. The van der Waals surface area contributed by atoms with Gasteiger partial charge in [-0.2, -0.15) is 13.2 Å². The van der Waals surface area contributed by atoms with Crippen LogP contribution in [0, 0.1) is 0 Å². The molecule has 1 heterocycles. The van der Waals surface area contributed by atoms with Crippen molar-refractivity contribution in [3.05, 3.63) is 17.7 Å². The predicted octanol–water partition coefficient (Wildman–Crippen LogP) is 3.37. The van der Waals surface area contributed by atoms with E-state index >= 15 is 0 Å². The standard InChI is InChI=1S/C13H20F3N3O/c1-3-4-6-20-7-5-18-12-9-10(13(14,15)16)8-11(17-2)19-12/h8-9H,3-7H2,1-2H3,(H2,17,18,19). The number of nitrogens with one attached hydrogen (secondary N) is 2. The van der Waals surface area contributed by atoms with Crippen LogP contribution in [-0.4, -0.2) is 31.8 Å². The van der Waals surface area contributed by atoms with E-state index in [1.165, 1.54) is 7.05 Å². The molecule has 114 valence electrons. The van der Waals surface area contributed by atoms with Gasteiger partial charge in [-0.15, -0.1) is 0 Å². The molecule has 0 aliphatic heterocycles. The lowest BCUT2D eigenvalue weighted by Crippen LogP contribution is -2.13. The Balaban J connectivity index is 2.56. The number of pyridine rings is 1. The average molecular weight is 291 g/mol. The molecule has 0 radical (unpaired) electrons. The van der Waals surface area contributed by atoms with Gasteiger partial charge in [-0.3, -0.25) is 0 Å². The molecule has 0 amide bonds. The number of rotatable bonds is 8. The van der Waals surface area contributed by atoms with E-state index in [1.807, 2.05) is 0 Å². The molecule has 20 heavy (non-hydrogen) atoms. The highest BCUT2D eigenvalue weighted by molar-refractivity contribution is 5.49. The summed E-state index contributed by atoms with van der Waals surface area (Å²) in [4.78, 5) is 4.02. The molecule has 2 N–H and O–H groups in total. The number of ether oxygens (including phenoxy) is 1. The number of alkyl halides is 3. The van der Waals surface area contributed by atoms with Gasteiger partial charge in [0, 0.05) is 20.2 Å². The van der Waals surface area contributed by atoms with Crippen LogP contribution in [0.3, 0.4) is 0 Å². The third-order valence-corrected chi connectivity index (χ3v) is 2.60. The molecule has 1 aromatic heterocycles. The van der Waals surface area contributed by atoms with Crippen LogP contribution in [0.2, 0.25) is 0 Å². The molecule has 7 heteroatoms. The molecule has 0 aliphatic carbocycles. The van der Waals surface area contributed by atoms with Crippen LogP contribution >= 0.6 is 0 Å². The number of aromatic nitrogens is 1. The molecular formula is C13H20F3N3O. The zero-order chi connectivity index (χ0) is 15.0. The minimum absolute atomic E-state index is 0.175. The summed E-state index contributed by atoms with van der Waals surface area (Å²) in [6.07, 6.45) is -2.36. The van der Waals surface area contributed by atoms with E-state index in [0.717, 1.165) is 25.0 Å². The molecule has 0 unspecified atom stereocenters. The fraction of sp³-hybridized carbons (Fsp3) is 0.615. The van der Waals surface area contributed by atoms with Crippen molar-refractivity contribution in [1.29, 1.82) is 0 Å². The first kappa shape index (κ1) is 16.6. The number of halogens is 3. The third kappa shape index (κ3) is 5.64. The molecule has 0 bridgehead atoms. The van der Waals surface area contributed by atoms with Crippen LogP contribution in [0.5, 0.6) is 0 Å². The topological polar surface area (TPSA) is 46.2 Å². The SMILES string of the molecule is CCCCOCCNc1cc(C(F)(F)F)cc(NC)n1. The van der Waals surface area contributed by atoms with E-state index < -0.39 is 11.7 Å². The summed E-state index contributed by atoms with van der Waals surface area (Å²) < 4.78 is 43.4. The fourth-order valence-electron chi connectivity index (χ4n) is 1.51. The van der Waals surface area contributed by atoms with Crippen molar-refractivity contribution in [2.24, 2.45) is 0 Å². The Morgan fingerprint density at radius 3 is 2.50 bits per heavy atom. The summed E-state index contributed by atoms with van der Waals surface area (Å²) in [5.41, 5.74) is -0.730. The van der Waals surface area contributed by atoms with Crippen LogP contribution in [0.4, 0.5) is 24.8 Å². The predicted molar refractivity (Wildman–Crippen MR) is 73.0 cm³/mol. The van der Waals surface area contributed by atoms with Gasteiger partial charge in [0.15, 0.2) is 0 Å². The van der Waals surface area contributed by atoms with Crippen molar-refractivity contribution in [1.82, 2.24) is 4.98 Å². The summed E-state index contributed by atoms with van der Waals surface area (Å²) in [7, 11) is 1.53. The van der Waals surface area contributed by atoms with E-state index in [9.17, 15) is 13.2 Å². The van der Waals surface area contributed by atoms with Gasteiger partial charge in [-0.1, -0.05) is 13.3 Å². The first-order valence-corrected chi connectivity index (χ1v) is 6.56. The van der Waals surface area contributed by atoms with Gasteiger partial charge in [0.05, 0.1) is 12.2 Å². The molecule has 0 fully saturated rings. The highest BCUT2D eigenvalue weighted by Crippen LogP contribution is 2.31. The Labute approximate surface area is 116 Å². The maximum Gasteiger partial charge on any atom is 0.416 e. The minimum Gasteiger partial charge on any atom is -0.380 e. The fourth-order valence-corrected chi connectivity index (χ4v) is 1.51. The van der Waals surface area contributed by atoms with Gasteiger partial charge in [0.2, 0.25) is 0 Å². The lowest BCUT2D eigenvalue weighted by atomic mass is 10.2. The summed E-state index contributed by atoms with van der Waals surface area (Å²) in [5, 5.41) is 5.45. The van der Waals surface area contributed by atoms with E-state index in [-0.39, 0.29) is 11.6 Å². The highest BCUT2D eigenvalue weighted by Gasteiger charge is 2.31. The maximum absolute atomic E-state index is 12.7. The van der Waals surface area contributed by atoms with Gasteiger partial charge in [0.1, 0.15) is 11.6 Å². The monoisotopic (exact) mass is 291 g/mol. The number of unbranched alkanes of at least 4 members (excludes halogenated alkanes) is 1. The van der Waals surface area contributed by atoms with Gasteiger partial charge >= 0.3 is 6.18 Å². The second-order valence-electron chi connectivity index (χ2n) is 4.27. The van der Waals surface area contributed by atoms with Crippen LogP contribution in [0.25, 0.3) is 0 Å². The molecule has 0 aliphatic rings. The summed E-state index contributed by atoms with van der Waals surface area (Å²) in [6.45, 7) is 3.58. The smallest absolute Gasteiger partial charge is 0.380 e. The number of hydrogen-bond acceptors (Lipinski definition) is 4. The summed E-state index contributed by atoms with van der Waals surface area (Å²) in [6, 6.07) is 1.97. The van der Waals surface area contributed by atoms with Crippen molar-refractivity contribution in [3.63, 3.8) is 0 Å².